The number of nitrogens with zero attached hydrogens (tertiary/aromatic N) is 3. The van der Waals surface area contributed by atoms with Gasteiger partial charge in [-0.2, -0.15) is 5.06 Å². The van der Waals surface area contributed by atoms with Gasteiger partial charge in [-0.3, -0.25) is 20.0 Å². The maximum atomic E-state index is 12.8. The summed E-state index contributed by atoms with van der Waals surface area (Å²) in [6, 6.07) is 12.5. The summed E-state index contributed by atoms with van der Waals surface area (Å²) in [7, 11) is 0. The van der Waals surface area contributed by atoms with Crippen molar-refractivity contribution in [2.45, 2.75) is 38.0 Å². The molecule has 2 aliphatic heterocycles. The molecule has 1 aromatic carbocycles. The zero-order chi connectivity index (χ0) is 20.2. The van der Waals surface area contributed by atoms with Crippen LogP contribution in [0, 0.1) is 5.41 Å². The van der Waals surface area contributed by atoms with Gasteiger partial charge in [0.15, 0.2) is 0 Å². The Morgan fingerprint density at radius 2 is 1.97 bits per heavy atom. The molecule has 3 amide bonds. The Kier molecular flexibility index (Phi) is 5.53. The lowest BCUT2D eigenvalue weighted by Gasteiger charge is -2.30. The van der Waals surface area contributed by atoms with E-state index in [1.54, 1.807) is 23.4 Å². The second-order valence-electron chi connectivity index (χ2n) is 7.27. The lowest BCUT2D eigenvalue weighted by molar-refractivity contribution is -0.140. The normalized spacial score (nSPS) is 20.6. The van der Waals surface area contributed by atoms with Crippen molar-refractivity contribution >= 4 is 17.8 Å². The molecule has 2 fully saturated rings. The third kappa shape index (κ3) is 4.27. The van der Waals surface area contributed by atoms with E-state index in [-0.39, 0.29) is 30.2 Å². The van der Waals surface area contributed by atoms with Crippen LogP contribution in [0.4, 0.5) is 4.79 Å². The van der Waals surface area contributed by atoms with Crippen molar-refractivity contribution in [2.75, 3.05) is 6.54 Å². The van der Waals surface area contributed by atoms with E-state index in [0.29, 0.717) is 19.6 Å². The van der Waals surface area contributed by atoms with Crippen LogP contribution in [0.15, 0.2) is 54.9 Å². The van der Waals surface area contributed by atoms with E-state index in [0.717, 1.165) is 17.5 Å². The molecule has 150 valence electrons. The Hall–Kier alpha value is -3.26. The molecule has 2 bridgehead atoms. The number of nitrogens with one attached hydrogen (secondary N) is 2. The van der Waals surface area contributed by atoms with Crippen LogP contribution in [0.1, 0.15) is 24.0 Å². The number of urea groups is 1. The minimum Gasteiger partial charge on any atom is -0.313 e. The van der Waals surface area contributed by atoms with Gasteiger partial charge >= 0.3 is 6.03 Å². The number of amides is 3. The molecule has 0 saturated carbocycles. The fourth-order valence-corrected chi connectivity index (χ4v) is 3.78. The molecule has 2 atom stereocenters. The summed E-state index contributed by atoms with van der Waals surface area (Å²) in [6.07, 6.45) is 4.76. The highest BCUT2D eigenvalue weighted by Crippen LogP contribution is 2.30. The minimum atomic E-state index is -0.443. The molecule has 0 aliphatic carbocycles. The van der Waals surface area contributed by atoms with Gasteiger partial charge in [0.05, 0.1) is 18.5 Å². The highest BCUT2D eigenvalue weighted by Gasteiger charge is 2.47. The molecule has 3 heterocycles. The minimum absolute atomic E-state index is 0.0265. The average molecular weight is 393 g/mol. The fourth-order valence-electron chi connectivity index (χ4n) is 3.78. The van der Waals surface area contributed by atoms with Crippen molar-refractivity contribution in [3.05, 3.63) is 66.0 Å². The fraction of sp³-hybridized carbons (Fsp3) is 0.333. The molecule has 0 unspecified atom stereocenters. The second kappa shape index (κ2) is 8.40. The van der Waals surface area contributed by atoms with E-state index in [4.69, 9.17) is 10.2 Å². The number of benzene rings is 1. The highest BCUT2D eigenvalue weighted by molar-refractivity contribution is 6.01. The number of pyridine rings is 1. The van der Waals surface area contributed by atoms with Crippen LogP contribution in [0.3, 0.4) is 0 Å². The standard InChI is InChI=1S/C21H23N5O3/c22-20(24-19(27)11-16-7-4-10-23-12-16)18-9-8-17-13-25(18)21(28)26(17)29-14-15-5-2-1-3-6-15/h1-7,10,12,17-18H,8-9,11,13-14H2,(H2,22,24,27)/t17-,18+/m1/s1. The molecule has 4 rings (SSSR count). The van der Waals surface area contributed by atoms with Crippen LogP contribution in [-0.4, -0.2) is 51.3 Å². The van der Waals surface area contributed by atoms with Crippen LogP contribution >= 0.6 is 0 Å². The summed E-state index contributed by atoms with van der Waals surface area (Å²) in [5.41, 5.74) is 1.77. The topological polar surface area (TPSA) is 98.6 Å². The van der Waals surface area contributed by atoms with Crippen molar-refractivity contribution in [2.24, 2.45) is 0 Å². The van der Waals surface area contributed by atoms with Gasteiger partial charge in [-0.25, -0.2) is 4.79 Å². The van der Waals surface area contributed by atoms with Gasteiger partial charge in [-0.05, 0) is 30.0 Å². The molecule has 2 aromatic rings. The average Bonchev–Trinajstić information content (AvgIpc) is 2.97. The van der Waals surface area contributed by atoms with Crippen molar-refractivity contribution < 1.29 is 14.4 Å². The van der Waals surface area contributed by atoms with Gasteiger partial charge in [-0.15, -0.1) is 0 Å². The number of carbonyl (C=O) groups excluding carboxylic acids is 2. The van der Waals surface area contributed by atoms with Gasteiger partial charge in [0.25, 0.3) is 0 Å². The molecule has 8 heteroatoms. The first-order valence-corrected chi connectivity index (χ1v) is 9.65. The maximum Gasteiger partial charge on any atom is 0.344 e. The quantitative estimate of drug-likeness (QED) is 0.580. The van der Waals surface area contributed by atoms with Crippen LogP contribution < -0.4 is 5.32 Å². The second-order valence-corrected chi connectivity index (χ2v) is 7.27. The highest BCUT2D eigenvalue weighted by atomic mass is 16.7. The van der Waals surface area contributed by atoms with Crippen molar-refractivity contribution in [3.8, 4) is 0 Å². The zero-order valence-corrected chi connectivity index (χ0v) is 16.0. The summed E-state index contributed by atoms with van der Waals surface area (Å²) in [6.45, 7) is 0.819. The summed E-state index contributed by atoms with van der Waals surface area (Å²) < 4.78 is 0. The molecule has 0 radical (unpaired) electrons. The number of hydroxylamine groups is 2. The molecule has 2 saturated heterocycles. The predicted octanol–water partition coefficient (Wildman–Crippen LogP) is 2.12. The summed E-state index contributed by atoms with van der Waals surface area (Å²) in [4.78, 5) is 36.5. The van der Waals surface area contributed by atoms with Crippen LogP contribution in [0.25, 0.3) is 0 Å². The molecule has 1 aromatic heterocycles. The van der Waals surface area contributed by atoms with Gasteiger partial charge in [0, 0.05) is 18.9 Å². The van der Waals surface area contributed by atoms with Crippen LogP contribution in [0.5, 0.6) is 0 Å². The maximum absolute atomic E-state index is 12.8. The third-order valence-electron chi connectivity index (χ3n) is 5.23. The number of amidine groups is 1. The molecule has 2 N–H and O–H groups in total. The summed E-state index contributed by atoms with van der Waals surface area (Å²) >= 11 is 0. The van der Waals surface area contributed by atoms with Gasteiger partial charge in [0.1, 0.15) is 12.4 Å². The number of aromatic nitrogens is 1. The Labute approximate surface area is 168 Å². The van der Waals surface area contributed by atoms with E-state index < -0.39 is 6.04 Å². The van der Waals surface area contributed by atoms with Crippen molar-refractivity contribution in [1.82, 2.24) is 20.3 Å². The first kappa shape index (κ1) is 19.1. The number of fused-ring (bicyclic) bond motifs is 2. The third-order valence-corrected chi connectivity index (χ3v) is 5.23. The van der Waals surface area contributed by atoms with Gasteiger partial charge in [-0.1, -0.05) is 36.4 Å². The van der Waals surface area contributed by atoms with Crippen molar-refractivity contribution in [3.63, 3.8) is 0 Å². The van der Waals surface area contributed by atoms with E-state index in [9.17, 15) is 9.59 Å². The first-order chi connectivity index (χ1) is 14.1. The number of piperidine rings is 1. The van der Waals surface area contributed by atoms with Crippen LogP contribution in [-0.2, 0) is 22.7 Å². The lowest BCUT2D eigenvalue weighted by atomic mass is 10.00. The molecular formula is C21H23N5O3. The summed E-state index contributed by atoms with van der Waals surface area (Å²) in [5.74, 6) is -0.232. The van der Waals surface area contributed by atoms with E-state index >= 15 is 0 Å². The van der Waals surface area contributed by atoms with E-state index in [1.165, 1.54) is 5.06 Å². The van der Waals surface area contributed by atoms with Crippen molar-refractivity contribution in [1.29, 1.82) is 5.41 Å². The largest absolute Gasteiger partial charge is 0.344 e. The number of rotatable bonds is 6. The molecule has 29 heavy (non-hydrogen) atoms. The number of carbonyl (C=O) groups is 2. The Morgan fingerprint density at radius 1 is 1.17 bits per heavy atom. The smallest absolute Gasteiger partial charge is 0.313 e. The van der Waals surface area contributed by atoms with Crippen LogP contribution in [0.2, 0.25) is 0 Å². The van der Waals surface area contributed by atoms with Gasteiger partial charge < -0.3 is 10.2 Å². The first-order valence-electron chi connectivity index (χ1n) is 9.65. The molecular weight excluding hydrogens is 370 g/mol. The zero-order valence-electron chi connectivity index (χ0n) is 16.0. The predicted molar refractivity (Wildman–Crippen MR) is 106 cm³/mol. The molecule has 0 spiro atoms. The Bertz CT molecular complexity index is 890. The van der Waals surface area contributed by atoms with Gasteiger partial charge in [0.2, 0.25) is 5.91 Å². The van der Waals surface area contributed by atoms with E-state index in [1.807, 2.05) is 36.4 Å². The molecule has 8 nitrogen and oxygen atoms in total. The monoisotopic (exact) mass is 393 g/mol. The van der Waals surface area contributed by atoms with E-state index in [2.05, 4.69) is 10.3 Å². The Morgan fingerprint density at radius 3 is 2.72 bits per heavy atom. The SMILES string of the molecule is N=C(NC(=O)Cc1cccnc1)[C@@H]1CC[C@@H]2CN1C(=O)N2OCc1ccccc1. The molecule has 2 aliphatic rings. The lowest BCUT2D eigenvalue weighted by Crippen LogP contribution is -2.51. The number of hydrogen-bond acceptors (Lipinski definition) is 5. The summed E-state index contributed by atoms with van der Waals surface area (Å²) in [5, 5.41) is 12.4. The number of hydrogen-bond donors (Lipinski definition) is 2. The Balaban J connectivity index is 1.34.